The Labute approximate surface area is 56.9 Å². The summed E-state index contributed by atoms with van der Waals surface area (Å²) in [5, 5.41) is 10.7. The second kappa shape index (κ2) is 1.73. The molecule has 0 atom stereocenters. The van der Waals surface area contributed by atoms with E-state index in [9.17, 15) is 0 Å². The predicted molar refractivity (Wildman–Crippen MR) is 35.7 cm³/mol. The molecular weight excluding hydrogens is 130 g/mol. The molecule has 0 amide bonds. The van der Waals surface area contributed by atoms with Gasteiger partial charge in [-0.1, -0.05) is 0 Å². The van der Waals surface area contributed by atoms with Gasteiger partial charge in [0.25, 0.3) is 0 Å². The summed E-state index contributed by atoms with van der Waals surface area (Å²) in [7, 11) is 0. The van der Waals surface area contributed by atoms with Crippen LogP contribution in [0.5, 0.6) is 5.75 Å². The quantitative estimate of drug-likeness (QED) is 0.595. The Morgan fingerprint density at radius 2 is 2.20 bits per heavy atom. The van der Waals surface area contributed by atoms with Crippen LogP contribution in [-0.4, -0.2) is 10.1 Å². The fraction of sp³-hybridized carbons (Fsp3) is 0. The first-order chi connectivity index (χ1) is 4.88. The molecule has 2 aromatic heterocycles. The van der Waals surface area contributed by atoms with E-state index < -0.39 is 0 Å². The maximum Gasteiger partial charge on any atom is 0.144 e. The first-order valence-electron chi connectivity index (χ1n) is 2.87. The molecular formula is C7H5NO2. The summed E-state index contributed by atoms with van der Waals surface area (Å²) in [6.07, 6.45) is 6.06. The lowest BCUT2D eigenvalue weighted by molar-refractivity contribution is 0.478. The number of fused-ring (bicyclic) bond motifs is 1. The third kappa shape index (κ3) is 0.572. The van der Waals surface area contributed by atoms with Crippen LogP contribution in [0.4, 0.5) is 0 Å². The van der Waals surface area contributed by atoms with Gasteiger partial charge in [-0.3, -0.25) is 4.98 Å². The van der Waals surface area contributed by atoms with Gasteiger partial charge in [-0.05, 0) is 0 Å². The van der Waals surface area contributed by atoms with Gasteiger partial charge in [-0.15, -0.1) is 0 Å². The molecule has 0 radical (unpaired) electrons. The van der Waals surface area contributed by atoms with Crippen LogP contribution in [-0.2, 0) is 0 Å². The largest absolute Gasteiger partial charge is 0.506 e. The molecule has 0 aliphatic carbocycles. The molecule has 2 rings (SSSR count). The lowest BCUT2D eigenvalue weighted by atomic mass is 10.3. The highest BCUT2D eigenvalue weighted by Crippen LogP contribution is 2.22. The van der Waals surface area contributed by atoms with Crippen LogP contribution < -0.4 is 0 Å². The van der Waals surface area contributed by atoms with E-state index in [1.807, 2.05) is 0 Å². The smallest absolute Gasteiger partial charge is 0.144 e. The van der Waals surface area contributed by atoms with Gasteiger partial charge >= 0.3 is 0 Å². The summed E-state index contributed by atoms with van der Waals surface area (Å²) < 4.78 is 4.85. The number of nitrogens with zero attached hydrogens (tertiary/aromatic N) is 1. The average Bonchev–Trinajstić information content (AvgIpc) is 2.36. The normalized spacial score (nSPS) is 10.4. The van der Waals surface area contributed by atoms with Gasteiger partial charge in [0.15, 0.2) is 0 Å². The first kappa shape index (κ1) is 5.29. The molecule has 1 N–H and O–H groups in total. The maximum atomic E-state index is 9.14. The van der Waals surface area contributed by atoms with Crippen molar-refractivity contribution in [1.29, 1.82) is 0 Å². The zero-order chi connectivity index (χ0) is 6.97. The minimum absolute atomic E-state index is 0.159. The van der Waals surface area contributed by atoms with Crippen molar-refractivity contribution in [3.8, 4) is 5.75 Å². The molecule has 0 aliphatic heterocycles. The molecule has 3 heteroatoms. The Morgan fingerprint density at radius 3 is 3.00 bits per heavy atom. The van der Waals surface area contributed by atoms with E-state index in [1.165, 1.54) is 12.5 Å². The number of hydrogen-bond acceptors (Lipinski definition) is 3. The van der Waals surface area contributed by atoms with Crippen molar-refractivity contribution in [3.63, 3.8) is 0 Å². The summed E-state index contributed by atoms with van der Waals surface area (Å²) in [5.41, 5.74) is 0. The molecule has 50 valence electrons. The fourth-order valence-electron chi connectivity index (χ4n) is 0.873. The number of rotatable bonds is 0. The van der Waals surface area contributed by atoms with Gasteiger partial charge in [0.05, 0.1) is 17.8 Å². The highest BCUT2D eigenvalue weighted by atomic mass is 16.3. The van der Waals surface area contributed by atoms with E-state index in [0.29, 0.717) is 5.39 Å². The van der Waals surface area contributed by atoms with Crippen molar-refractivity contribution in [2.45, 2.75) is 0 Å². The molecule has 0 spiro atoms. The first-order valence-corrected chi connectivity index (χ1v) is 2.87. The topological polar surface area (TPSA) is 46.3 Å². The van der Waals surface area contributed by atoms with Crippen LogP contribution in [0.3, 0.4) is 0 Å². The van der Waals surface area contributed by atoms with Crippen LogP contribution in [0.2, 0.25) is 0 Å². The van der Waals surface area contributed by atoms with Gasteiger partial charge in [-0.25, -0.2) is 0 Å². The van der Waals surface area contributed by atoms with E-state index in [1.54, 1.807) is 12.5 Å². The van der Waals surface area contributed by atoms with Gasteiger partial charge in [0, 0.05) is 11.6 Å². The number of furan rings is 1. The lowest BCUT2D eigenvalue weighted by Gasteiger charge is -1.88. The Bertz CT molecular complexity index is 353. The lowest BCUT2D eigenvalue weighted by Crippen LogP contribution is -1.69. The molecule has 3 nitrogen and oxygen atoms in total. The van der Waals surface area contributed by atoms with E-state index >= 15 is 0 Å². The van der Waals surface area contributed by atoms with E-state index in [2.05, 4.69) is 4.98 Å². The standard InChI is InChI=1S/C7H5NO2/c9-7-2-8-1-5-3-10-4-6(5)7/h1-4,9H. The van der Waals surface area contributed by atoms with Crippen molar-refractivity contribution < 1.29 is 9.52 Å². The Hall–Kier alpha value is -1.51. The Morgan fingerprint density at radius 1 is 1.30 bits per heavy atom. The highest BCUT2D eigenvalue weighted by Gasteiger charge is 1.99. The SMILES string of the molecule is Oc1cncc2cocc12. The predicted octanol–water partition coefficient (Wildman–Crippen LogP) is 1.53. The van der Waals surface area contributed by atoms with Crippen LogP contribution >= 0.6 is 0 Å². The van der Waals surface area contributed by atoms with Gasteiger partial charge < -0.3 is 9.52 Å². The number of aromatic hydroxyl groups is 1. The van der Waals surface area contributed by atoms with Crippen LogP contribution in [0.1, 0.15) is 0 Å². The zero-order valence-corrected chi connectivity index (χ0v) is 5.11. The van der Waals surface area contributed by atoms with Gasteiger partial charge in [0.1, 0.15) is 12.0 Å². The van der Waals surface area contributed by atoms with Crippen LogP contribution in [0, 0.1) is 0 Å². The minimum atomic E-state index is 0.159. The van der Waals surface area contributed by atoms with Crippen LogP contribution in [0.25, 0.3) is 10.8 Å². The highest BCUT2D eigenvalue weighted by molar-refractivity contribution is 5.85. The van der Waals surface area contributed by atoms with Gasteiger partial charge in [0.2, 0.25) is 0 Å². The molecule has 0 unspecified atom stereocenters. The second-order valence-electron chi connectivity index (χ2n) is 2.03. The summed E-state index contributed by atoms with van der Waals surface area (Å²) >= 11 is 0. The van der Waals surface area contributed by atoms with Crippen LogP contribution in [0.15, 0.2) is 29.3 Å². The molecule has 0 bridgehead atoms. The molecule has 0 saturated carbocycles. The molecule has 0 aliphatic rings. The van der Waals surface area contributed by atoms with E-state index in [0.717, 1.165) is 5.39 Å². The minimum Gasteiger partial charge on any atom is -0.506 e. The monoisotopic (exact) mass is 135 g/mol. The summed E-state index contributed by atoms with van der Waals surface area (Å²) in [4.78, 5) is 3.77. The van der Waals surface area contributed by atoms with Crippen molar-refractivity contribution >= 4 is 10.8 Å². The maximum absolute atomic E-state index is 9.14. The van der Waals surface area contributed by atoms with Crippen molar-refractivity contribution in [2.75, 3.05) is 0 Å². The second-order valence-corrected chi connectivity index (χ2v) is 2.03. The molecule has 10 heavy (non-hydrogen) atoms. The summed E-state index contributed by atoms with van der Waals surface area (Å²) in [6.45, 7) is 0. The molecule has 2 heterocycles. The number of hydrogen-bond donors (Lipinski definition) is 1. The molecule has 0 saturated heterocycles. The van der Waals surface area contributed by atoms with E-state index in [-0.39, 0.29) is 5.75 Å². The number of pyridine rings is 1. The van der Waals surface area contributed by atoms with Crippen molar-refractivity contribution in [3.05, 3.63) is 24.9 Å². The third-order valence-electron chi connectivity index (χ3n) is 1.38. The zero-order valence-electron chi connectivity index (χ0n) is 5.11. The third-order valence-corrected chi connectivity index (χ3v) is 1.38. The van der Waals surface area contributed by atoms with Crippen molar-refractivity contribution in [1.82, 2.24) is 4.98 Å². The fourth-order valence-corrected chi connectivity index (χ4v) is 0.873. The molecule has 0 fully saturated rings. The summed E-state index contributed by atoms with van der Waals surface area (Å²) in [5.74, 6) is 0.159. The molecule has 2 aromatic rings. The van der Waals surface area contributed by atoms with Gasteiger partial charge in [-0.2, -0.15) is 0 Å². The Kier molecular flexibility index (Phi) is 0.917. The Balaban J connectivity index is 2.95. The summed E-state index contributed by atoms with van der Waals surface area (Å²) in [6, 6.07) is 0. The molecule has 0 aromatic carbocycles. The number of aromatic nitrogens is 1. The van der Waals surface area contributed by atoms with Crippen molar-refractivity contribution in [2.24, 2.45) is 0 Å². The average molecular weight is 135 g/mol. The van der Waals surface area contributed by atoms with E-state index in [4.69, 9.17) is 9.52 Å².